The summed E-state index contributed by atoms with van der Waals surface area (Å²) in [6.07, 6.45) is 0.567. The summed E-state index contributed by atoms with van der Waals surface area (Å²) in [5, 5.41) is 0. The lowest BCUT2D eigenvalue weighted by Gasteiger charge is -2.22. The number of hydrogen-bond donors (Lipinski definition) is 0. The molecule has 0 aromatic heterocycles. The minimum absolute atomic E-state index is 0.111. The lowest BCUT2D eigenvalue weighted by molar-refractivity contribution is -0.131. The molecule has 6 nitrogen and oxygen atoms in total. The zero-order chi connectivity index (χ0) is 21.0. The van der Waals surface area contributed by atoms with Gasteiger partial charge in [0.15, 0.2) is 11.6 Å². The number of rotatable bonds is 8. The molecular weight excluding hydrogens is 375 g/mol. The van der Waals surface area contributed by atoms with Gasteiger partial charge in [0, 0.05) is 26.1 Å². The maximum atomic E-state index is 13.9. The summed E-state index contributed by atoms with van der Waals surface area (Å²) in [5.41, 5.74) is 1.47. The molecule has 0 unspecified atom stereocenters. The number of methoxy groups -OCH3 is 1. The highest BCUT2D eigenvalue weighted by atomic mass is 19.1. The van der Waals surface area contributed by atoms with Crippen LogP contribution in [-0.2, 0) is 11.3 Å². The molecule has 1 heterocycles. The number of ether oxygens (including phenoxy) is 1. The summed E-state index contributed by atoms with van der Waals surface area (Å²) in [6.45, 7) is 2.79. The third-order valence-corrected chi connectivity index (χ3v) is 4.97. The highest BCUT2D eigenvalue weighted by Crippen LogP contribution is 2.23. The number of carbonyl (C=O) groups is 3. The van der Waals surface area contributed by atoms with Crippen molar-refractivity contribution >= 4 is 17.7 Å². The molecule has 0 bridgehead atoms. The van der Waals surface area contributed by atoms with Gasteiger partial charge in [-0.15, -0.1) is 0 Å². The molecule has 3 amide bonds. The summed E-state index contributed by atoms with van der Waals surface area (Å²) >= 11 is 0. The number of imide groups is 1. The van der Waals surface area contributed by atoms with Crippen LogP contribution in [0.25, 0.3) is 0 Å². The number of benzene rings is 2. The monoisotopic (exact) mass is 398 g/mol. The van der Waals surface area contributed by atoms with E-state index in [1.54, 1.807) is 35.2 Å². The van der Waals surface area contributed by atoms with E-state index in [9.17, 15) is 18.8 Å². The molecule has 0 spiro atoms. The fraction of sp³-hybridized carbons (Fsp3) is 0.318. The van der Waals surface area contributed by atoms with Crippen molar-refractivity contribution in [2.45, 2.75) is 26.3 Å². The summed E-state index contributed by atoms with van der Waals surface area (Å²) in [5.74, 6) is -1.07. The largest absolute Gasteiger partial charge is 0.494 e. The number of hydrogen-bond acceptors (Lipinski definition) is 4. The van der Waals surface area contributed by atoms with Gasteiger partial charge >= 0.3 is 0 Å². The first-order valence-electron chi connectivity index (χ1n) is 9.51. The number of carbonyl (C=O) groups excluding carboxylic acids is 3. The van der Waals surface area contributed by atoms with Crippen LogP contribution in [0.15, 0.2) is 42.5 Å². The molecule has 0 radical (unpaired) electrons. The number of halogens is 1. The van der Waals surface area contributed by atoms with Crippen molar-refractivity contribution in [2.24, 2.45) is 0 Å². The van der Waals surface area contributed by atoms with E-state index in [0.717, 1.165) is 0 Å². The number of fused-ring (bicyclic) bond motifs is 1. The second-order valence-electron chi connectivity index (χ2n) is 6.79. The van der Waals surface area contributed by atoms with E-state index in [0.29, 0.717) is 29.7 Å². The van der Waals surface area contributed by atoms with Crippen LogP contribution < -0.4 is 4.74 Å². The number of amides is 3. The van der Waals surface area contributed by atoms with Crippen molar-refractivity contribution in [2.75, 3.05) is 20.2 Å². The smallest absolute Gasteiger partial charge is 0.261 e. The van der Waals surface area contributed by atoms with Gasteiger partial charge in [-0.3, -0.25) is 19.3 Å². The highest BCUT2D eigenvalue weighted by molar-refractivity contribution is 6.21. The molecule has 29 heavy (non-hydrogen) atoms. The van der Waals surface area contributed by atoms with E-state index in [1.807, 2.05) is 6.92 Å². The summed E-state index contributed by atoms with van der Waals surface area (Å²) < 4.78 is 18.8. The number of nitrogens with zero attached hydrogens (tertiary/aromatic N) is 2. The molecule has 0 saturated heterocycles. The van der Waals surface area contributed by atoms with Gasteiger partial charge in [-0.05, 0) is 43.2 Å². The fourth-order valence-electron chi connectivity index (χ4n) is 3.39. The summed E-state index contributed by atoms with van der Waals surface area (Å²) in [7, 11) is 1.40. The normalized spacial score (nSPS) is 12.9. The Kier molecular flexibility index (Phi) is 6.26. The molecule has 2 aromatic rings. The second kappa shape index (κ2) is 8.86. The molecule has 2 aromatic carbocycles. The first-order valence-corrected chi connectivity index (χ1v) is 9.51. The van der Waals surface area contributed by atoms with Crippen LogP contribution in [0.5, 0.6) is 5.75 Å². The van der Waals surface area contributed by atoms with Crippen LogP contribution >= 0.6 is 0 Å². The average Bonchev–Trinajstić information content (AvgIpc) is 2.97. The molecule has 0 aliphatic carbocycles. The van der Waals surface area contributed by atoms with E-state index in [4.69, 9.17) is 4.74 Å². The third kappa shape index (κ3) is 4.29. The van der Waals surface area contributed by atoms with Crippen molar-refractivity contribution in [1.29, 1.82) is 0 Å². The Labute approximate surface area is 168 Å². The third-order valence-electron chi connectivity index (χ3n) is 4.97. The maximum Gasteiger partial charge on any atom is 0.261 e. The van der Waals surface area contributed by atoms with Crippen LogP contribution in [0.3, 0.4) is 0 Å². The van der Waals surface area contributed by atoms with Gasteiger partial charge < -0.3 is 9.64 Å². The molecule has 1 aliphatic heterocycles. The minimum atomic E-state index is -0.473. The Morgan fingerprint density at radius 1 is 1.10 bits per heavy atom. The quantitative estimate of drug-likeness (QED) is 0.640. The van der Waals surface area contributed by atoms with Gasteiger partial charge in [0.2, 0.25) is 5.91 Å². The van der Waals surface area contributed by atoms with Crippen LogP contribution in [0.4, 0.5) is 4.39 Å². The van der Waals surface area contributed by atoms with E-state index in [2.05, 4.69) is 0 Å². The van der Waals surface area contributed by atoms with Crippen molar-refractivity contribution in [3.8, 4) is 5.75 Å². The molecule has 1 aliphatic rings. The predicted molar refractivity (Wildman–Crippen MR) is 105 cm³/mol. The van der Waals surface area contributed by atoms with Gasteiger partial charge in [0.1, 0.15) is 0 Å². The van der Waals surface area contributed by atoms with Gasteiger partial charge in [0.25, 0.3) is 11.8 Å². The van der Waals surface area contributed by atoms with Gasteiger partial charge in [-0.2, -0.15) is 0 Å². The molecule has 0 atom stereocenters. The second-order valence-corrected chi connectivity index (χ2v) is 6.79. The van der Waals surface area contributed by atoms with Crippen LogP contribution in [0.2, 0.25) is 0 Å². The van der Waals surface area contributed by atoms with Crippen LogP contribution in [0.1, 0.15) is 46.0 Å². The highest BCUT2D eigenvalue weighted by Gasteiger charge is 2.34. The van der Waals surface area contributed by atoms with Crippen molar-refractivity contribution in [1.82, 2.24) is 9.80 Å². The predicted octanol–water partition coefficient (Wildman–Crippen LogP) is 3.26. The van der Waals surface area contributed by atoms with Crippen LogP contribution in [-0.4, -0.2) is 47.7 Å². The summed E-state index contributed by atoms with van der Waals surface area (Å²) in [6, 6.07) is 11.3. The fourth-order valence-corrected chi connectivity index (χ4v) is 3.39. The van der Waals surface area contributed by atoms with E-state index in [1.165, 1.54) is 24.1 Å². The average molecular weight is 398 g/mol. The molecule has 152 valence electrons. The van der Waals surface area contributed by atoms with E-state index in [-0.39, 0.29) is 43.0 Å². The molecule has 7 heteroatoms. The zero-order valence-corrected chi connectivity index (χ0v) is 16.5. The van der Waals surface area contributed by atoms with Gasteiger partial charge in [-0.25, -0.2) is 4.39 Å². The minimum Gasteiger partial charge on any atom is -0.494 e. The molecule has 0 N–H and O–H groups in total. The Morgan fingerprint density at radius 2 is 1.76 bits per heavy atom. The molecular formula is C22H23FN2O4. The molecule has 3 rings (SSSR count). The first kappa shape index (κ1) is 20.5. The Bertz CT molecular complexity index is 909. The Hall–Kier alpha value is -3.22. The van der Waals surface area contributed by atoms with Gasteiger partial charge in [-0.1, -0.05) is 18.2 Å². The molecule has 0 saturated carbocycles. The van der Waals surface area contributed by atoms with E-state index >= 15 is 0 Å². The van der Waals surface area contributed by atoms with Crippen molar-refractivity contribution in [3.05, 3.63) is 65.0 Å². The van der Waals surface area contributed by atoms with E-state index < -0.39 is 5.82 Å². The Morgan fingerprint density at radius 3 is 2.31 bits per heavy atom. The van der Waals surface area contributed by atoms with Crippen molar-refractivity contribution in [3.63, 3.8) is 0 Å². The molecule has 0 fully saturated rings. The lowest BCUT2D eigenvalue weighted by Crippen LogP contribution is -2.33. The Balaban J connectivity index is 1.55. The lowest BCUT2D eigenvalue weighted by atomic mass is 10.1. The van der Waals surface area contributed by atoms with Crippen molar-refractivity contribution < 1.29 is 23.5 Å². The topological polar surface area (TPSA) is 66.9 Å². The zero-order valence-electron chi connectivity index (χ0n) is 16.5. The maximum absolute atomic E-state index is 13.9. The SMILES string of the molecule is CCN(Cc1ccc(OC)c(F)c1)C(=O)CCCN1C(=O)c2ccccc2C1=O. The van der Waals surface area contributed by atoms with Gasteiger partial charge in [0.05, 0.1) is 18.2 Å². The summed E-state index contributed by atoms with van der Waals surface area (Å²) in [4.78, 5) is 40.1. The standard InChI is InChI=1S/C22H23FN2O4/c1-3-24(14-15-10-11-19(29-2)18(23)13-15)20(26)9-6-12-25-21(27)16-7-4-5-8-17(16)22(25)28/h4-5,7-8,10-11,13H,3,6,9,12,14H2,1-2H3. The first-order chi connectivity index (χ1) is 14.0. The van der Waals surface area contributed by atoms with Crippen LogP contribution in [0, 0.1) is 5.82 Å².